The Bertz CT molecular complexity index is 325. The number of halogens is 1. The van der Waals surface area contributed by atoms with Gasteiger partial charge in [0.2, 0.25) is 0 Å². The van der Waals surface area contributed by atoms with Crippen LogP contribution in [0.25, 0.3) is 0 Å². The fourth-order valence-corrected chi connectivity index (χ4v) is 1.73. The van der Waals surface area contributed by atoms with Gasteiger partial charge in [-0.25, -0.2) is 0 Å². The van der Waals surface area contributed by atoms with Crippen molar-refractivity contribution in [1.82, 2.24) is 0 Å². The fraction of sp³-hybridized carbons (Fsp3) is 0.364. The third kappa shape index (κ3) is 2.76. The number of thioether (sulfide) groups is 1. The van der Waals surface area contributed by atoms with Crippen LogP contribution >= 0.6 is 23.4 Å². The maximum Gasteiger partial charge on any atom is 0.180 e. The molecule has 0 aliphatic heterocycles. The van der Waals surface area contributed by atoms with E-state index < -0.39 is 5.38 Å². The monoisotopic (exact) mass is 228 g/mol. The number of Topliss-reactive ketones (excluding diaryl/α,β-unsaturated/α-hetero) is 1. The molecule has 0 aliphatic rings. The summed E-state index contributed by atoms with van der Waals surface area (Å²) in [7, 11) is 0. The molecule has 0 bridgehead atoms. The summed E-state index contributed by atoms with van der Waals surface area (Å²) in [4.78, 5) is 12.8. The fourth-order valence-electron chi connectivity index (χ4n) is 1.14. The van der Waals surface area contributed by atoms with Crippen molar-refractivity contribution in [3.05, 3.63) is 29.8 Å². The largest absolute Gasteiger partial charge is 0.293 e. The van der Waals surface area contributed by atoms with Gasteiger partial charge in [0.05, 0.1) is 5.38 Å². The van der Waals surface area contributed by atoms with Gasteiger partial charge in [0.15, 0.2) is 5.78 Å². The van der Waals surface area contributed by atoms with Crippen molar-refractivity contribution in [2.24, 2.45) is 0 Å². The summed E-state index contributed by atoms with van der Waals surface area (Å²) in [6.45, 7) is 1.91. The van der Waals surface area contributed by atoms with Crippen molar-refractivity contribution in [2.75, 3.05) is 6.26 Å². The number of alkyl halides is 1. The number of carbonyl (C=O) groups is 1. The van der Waals surface area contributed by atoms with Crippen molar-refractivity contribution in [2.45, 2.75) is 23.6 Å². The number of rotatable bonds is 4. The number of hydrogen-bond donors (Lipinski definition) is 0. The van der Waals surface area contributed by atoms with Crippen molar-refractivity contribution in [3.8, 4) is 0 Å². The minimum Gasteiger partial charge on any atom is -0.293 e. The van der Waals surface area contributed by atoms with Crippen LogP contribution in [-0.2, 0) is 0 Å². The van der Waals surface area contributed by atoms with Crippen LogP contribution in [0, 0.1) is 0 Å². The molecule has 0 aromatic heterocycles. The molecule has 1 nitrogen and oxygen atoms in total. The molecule has 0 heterocycles. The maximum atomic E-state index is 11.7. The van der Waals surface area contributed by atoms with Gasteiger partial charge < -0.3 is 0 Å². The molecule has 0 spiro atoms. The molecule has 1 aromatic rings. The highest BCUT2D eigenvalue weighted by Crippen LogP contribution is 2.18. The van der Waals surface area contributed by atoms with Crippen molar-refractivity contribution in [3.63, 3.8) is 0 Å². The van der Waals surface area contributed by atoms with Crippen LogP contribution < -0.4 is 0 Å². The number of benzene rings is 1. The van der Waals surface area contributed by atoms with Crippen molar-refractivity contribution in [1.29, 1.82) is 0 Å². The Balaban J connectivity index is 2.90. The summed E-state index contributed by atoms with van der Waals surface area (Å²) in [5, 5.41) is -0.396. The minimum absolute atomic E-state index is 0.0186. The average Bonchev–Trinajstić information content (AvgIpc) is 2.27. The third-order valence-corrected chi connectivity index (χ3v) is 3.23. The van der Waals surface area contributed by atoms with Crippen LogP contribution in [0.15, 0.2) is 29.2 Å². The third-order valence-electron chi connectivity index (χ3n) is 2.00. The molecule has 1 atom stereocenters. The minimum atomic E-state index is -0.396. The van der Waals surface area contributed by atoms with E-state index in [0.717, 1.165) is 4.90 Å². The zero-order valence-electron chi connectivity index (χ0n) is 8.29. The normalized spacial score (nSPS) is 12.5. The van der Waals surface area contributed by atoms with Crippen LogP contribution in [-0.4, -0.2) is 17.4 Å². The van der Waals surface area contributed by atoms with E-state index >= 15 is 0 Å². The van der Waals surface area contributed by atoms with E-state index in [2.05, 4.69) is 0 Å². The predicted molar refractivity (Wildman–Crippen MR) is 62.5 cm³/mol. The molecule has 1 aromatic carbocycles. The summed E-state index contributed by atoms with van der Waals surface area (Å²) >= 11 is 7.51. The van der Waals surface area contributed by atoms with Crippen LogP contribution in [0.5, 0.6) is 0 Å². The molecule has 0 aliphatic carbocycles. The van der Waals surface area contributed by atoms with E-state index in [1.807, 2.05) is 37.4 Å². The summed E-state index contributed by atoms with van der Waals surface area (Å²) in [6, 6.07) is 7.57. The zero-order chi connectivity index (χ0) is 10.6. The van der Waals surface area contributed by atoms with E-state index in [0.29, 0.717) is 12.0 Å². The number of ketones is 1. The van der Waals surface area contributed by atoms with Crippen molar-refractivity contribution < 1.29 is 4.79 Å². The summed E-state index contributed by atoms with van der Waals surface area (Å²) in [5.74, 6) is 0.0186. The van der Waals surface area contributed by atoms with Gasteiger partial charge >= 0.3 is 0 Å². The first kappa shape index (κ1) is 11.6. The Hall–Kier alpha value is -0.470. The average molecular weight is 229 g/mol. The topological polar surface area (TPSA) is 17.1 Å². The molecule has 0 radical (unpaired) electrons. The Kier molecular flexibility index (Phi) is 4.49. The van der Waals surface area contributed by atoms with Crippen LogP contribution in [0.3, 0.4) is 0 Å². The summed E-state index contributed by atoms with van der Waals surface area (Å²) in [6.07, 6.45) is 2.66. The van der Waals surface area contributed by atoms with E-state index in [4.69, 9.17) is 11.6 Å². The highest BCUT2D eigenvalue weighted by molar-refractivity contribution is 7.98. The Morgan fingerprint density at radius 1 is 1.57 bits per heavy atom. The lowest BCUT2D eigenvalue weighted by Crippen LogP contribution is -2.13. The first-order chi connectivity index (χ1) is 6.69. The van der Waals surface area contributed by atoms with Crippen LogP contribution in [0.2, 0.25) is 0 Å². The Morgan fingerprint density at radius 3 is 2.86 bits per heavy atom. The second-order valence-corrected chi connectivity index (χ2v) is 4.38. The van der Waals surface area contributed by atoms with Gasteiger partial charge in [0, 0.05) is 10.5 Å². The molecule has 3 heteroatoms. The SMILES string of the molecule is CCC(Cl)C(=O)c1cccc(SC)c1. The van der Waals surface area contributed by atoms with Gasteiger partial charge in [-0.1, -0.05) is 19.1 Å². The van der Waals surface area contributed by atoms with Gasteiger partial charge in [0.25, 0.3) is 0 Å². The van der Waals surface area contributed by atoms with Crippen LogP contribution in [0.1, 0.15) is 23.7 Å². The molecule has 1 rings (SSSR count). The Morgan fingerprint density at radius 2 is 2.29 bits per heavy atom. The highest BCUT2D eigenvalue weighted by Gasteiger charge is 2.15. The van der Waals surface area contributed by atoms with Crippen molar-refractivity contribution >= 4 is 29.1 Å². The molecule has 0 N–H and O–H groups in total. The molecule has 0 fully saturated rings. The first-order valence-electron chi connectivity index (χ1n) is 4.51. The summed E-state index contributed by atoms with van der Waals surface area (Å²) in [5.41, 5.74) is 0.707. The molecule has 14 heavy (non-hydrogen) atoms. The molecule has 0 saturated carbocycles. The molecular weight excluding hydrogens is 216 g/mol. The number of hydrogen-bond acceptors (Lipinski definition) is 2. The van der Waals surface area contributed by atoms with E-state index in [1.54, 1.807) is 11.8 Å². The van der Waals surface area contributed by atoms with Gasteiger partial charge in [0.1, 0.15) is 0 Å². The zero-order valence-corrected chi connectivity index (χ0v) is 9.86. The van der Waals surface area contributed by atoms with E-state index in [1.165, 1.54) is 0 Å². The lowest BCUT2D eigenvalue weighted by Gasteiger charge is -2.06. The molecule has 0 saturated heterocycles. The smallest absolute Gasteiger partial charge is 0.180 e. The quantitative estimate of drug-likeness (QED) is 0.445. The van der Waals surface area contributed by atoms with Gasteiger partial charge in [-0.2, -0.15) is 0 Å². The number of carbonyl (C=O) groups excluding carboxylic acids is 1. The molecule has 1 unspecified atom stereocenters. The van der Waals surface area contributed by atoms with Gasteiger partial charge in [-0.05, 0) is 24.8 Å². The summed E-state index contributed by atoms with van der Waals surface area (Å²) < 4.78 is 0. The molecule has 76 valence electrons. The highest BCUT2D eigenvalue weighted by atomic mass is 35.5. The Labute approximate surface area is 93.8 Å². The molecule has 0 amide bonds. The van der Waals surface area contributed by atoms with E-state index in [-0.39, 0.29) is 5.78 Å². The second kappa shape index (κ2) is 5.42. The van der Waals surface area contributed by atoms with Gasteiger partial charge in [-0.15, -0.1) is 23.4 Å². The van der Waals surface area contributed by atoms with Crippen LogP contribution in [0.4, 0.5) is 0 Å². The lowest BCUT2D eigenvalue weighted by molar-refractivity contribution is 0.0985. The van der Waals surface area contributed by atoms with E-state index in [9.17, 15) is 4.79 Å². The second-order valence-electron chi connectivity index (χ2n) is 2.97. The lowest BCUT2D eigenvalue weighted by atomic mass is 10.1. The first-order valence-corrected chi connectivity index (χ1v) is 6.17. The standard InChI is InChI=1S/C11H13ClOS/c1-3-10(12)11(13)8-5-4-6-9(7-8)14-2/h4-7,10H,3H2,1-2H3. The van der Waals surface area contributed by atoms with Gasteiger partial charge in [-0.3, -0.25) is 4.79 Å². The predicted octanol–water partition coefficient (Wildman–Crippen LogP) is 3.61. The molecular formula is C11H13ClOS. The maximum absolute atomic E-state index is 11.7.